The van der Waals surface area contributed by atoms with Gasteiger partial charge in [0.05, 0.1) is 0 Å². The molecule has 0 aromatic heterocycles. The van der Waals surface area contributed by atoms with Gasteiger partial charge in [-0.15, -0.1) is 12.6 Å². The Bertz CT molecular complexity index is 541. The molecule has 0 heterocycles. The normalized spacial score (nSPS) is 10.9. The number of hydrogen-bond acceptors (Lipinski definition) is 2. The summed E-state index contributed by atoms with van der Waals surface area (Å²) in [7, 11) is 0. The Morgan fingerprint density at radius 3 is 2.16 bits per heavy atom. The van der Waals surface area contributed by atoms with Crippen LogP contribution in [0.15, 0.2) is 63.2 Å². The Morgan fingerprint density at radius 1 is 0.947 bits per heavy atom. The summed E-state index contributed by atoms with van der Waals surface area (Å²) >= 11 is 23.7. The second kappa shape index (κ2) is 7.86. The van der Waals surface area contributed by atoms with Gasteiger partial charge in [-0.25, -0.2) is 0 Å². The van der Waals surface area contributed by atoms with E-state index in [1.807, 2.05) is 42.5 Å². The first-order valence-corrected chi connectivity index (χ1v) is 7.50. The molecule has 95 valence electrons. The van der Waals surface area contributed by atoms with Crippen molar-refractivity contribution in [1.82, 2.24) is 0 Å². The molecule has 2 aromatic carbocycles. The molecule has 2 rings (SSSR count). The van der Waals surface area contributed by atoms with E-state index in [0.29, 0.717) is 5.56 Å². The zero-order valence-corrected chi connectivity index (χ0v) is 16.1. The Balaban J connectivity index is 0.00000180. The molecule has 0 bridgehead atoms. The quantitative estimate of drug-likeness (QED) is 0.416. The molecular formula is C13H9Cl3NaS2. The van der Waals surface area contributed by atoms with Crippen molar-refractivity contribution in [1.29, 1.82) is 0 Å². The average molecular weight is 359 g/mol. The van der Waals surface area contributed by atoms with Crippen LogP contribution in [0, 0.1) is 0 Å². The molecule has 0 N–H and O–H groups in total. The molecule has 6 heteroatoms. The standard InChI is InChI=1S/C13H9Cl3S2.Na/c14-13(15,16)9-6-7-11(17)12(8-9)18-10-4-2-1-3-5-10;/h1-8,17H;. The summed E-state index contributed by atoms with van der Waals surface area (Å²) in [5.41, 5.74) is 0.642. The van der Waals surface area contributed by atoms with E-state index in [4.69, 9.17) is 34.8 Å². The van der Waals surface area contributed by atoms with Crippen LogP contribution in [-0.4, -0.2) is 29.6 Å². The molecule has 0 unspecified atom stereocenters. The Morgan fingerprint density at radius 2 is 1.58 bits per heavy atom. The topological polar surface area (TPSA) is 0 Å². The van der Waals surface area contributed by atoms with Crippen molar-refractivity contribution in [2.75, 3.05) is 0 Å². The summed E-state index contributed by atoms with van der Waals surface area (Å²) in [6.07, 6.45) is 0. The van der Waals surface area contributed by atoms with Gasteiger partial charge in [-0.2, -0.15) is 0 Å². The zero-order chi connectivity index (χ0) is 13.2. The molecule has 0 saturated carbocycles. The van der Waals surface area contributed by atoms with Crippen molar-refractivity contribution in [3.05, 3.63) is 54.1 Å². The largest absolute Gasteiger partial charge is 0.216 e. The number of halogens is 3. The third-order valence-corrected chi connectivity index (χ3v) is 4.52. The molecular weight excluding hydrogens is 350 g/mol. The van der Waals surface area contributed by atoms with E-state index in [2.05, 4.69) is 12.6 Å². The first-order valence-electron chi connectivity index (χ1n) is 5.10. The van der Waals surface area contributed by atoms with Gasteiger partial charge in [0.15, 0.2) is 0 Å². The molecule has 0 fully saturated rings. The molecule has 2 aromatic rings. The van der Waals surface area contributed by atoms with E-state index >= 15 is 0 Å². The molecule has 0 nitrogen and oxygen atoms in total. The van der Waals surface area contributed by atoms with Crippen LogP contribution in [-0.2, 0) is 3.79 Å². The maximum absolute atomic E-state index is 5.88. The minimum atomic E-state index is -1.41. The van der Waals surface area contributed by atoms with Crippen LogP contribution in [0.5, 0.6) is 0 Å². The third-order valence-electron chi connectivity index (χ3n) is 2.26. The second-order valence-electron chi connectivity index (χ2n) is 3.60. The number of alkyl halides is 3. The average Bonchev–Trinajstić information content (AvgIpc) is 2.32. The van der Waals surface area contributed by atoms with E-state index in [9.17, 15) is 0 Å². The van der Waals surface area contributed by atoms with E-state index in [-0.39, 0.29) is 29.6 Å². The summed E-state index contributed by atoms with van der Waals surface area (Å²) in [4.78, 5) is 2.95. The second-order valence-corrected chi connectivity index (χ2v) is 7.47. The Kier molecular flexibility index (Phi) is 7.47. The molecule has 0 spiro atoms. The number of benzene rings is 2. The van der Waals surface area contributed by atoms with Gasteiger partial charge in [-0.1, -0.05) is 70.8 Å². The van der Waals surface area contributed by atoms with Crippen molar-refractivity contribution >= 4 is 88.8 Å². The Labute approximate surface area is 159 Å². The summed E-state index contributed by atoms with van der Waals surface area (Å²) in [5.74, 6) is 0. The summed E-state index contributed by atoms with van der Waals surface area (Å²) < 4.78 is -1.41. The van der Waals surface area contributed by atoms with E-state index in [1.54, 1.807) is 17.8 Å². The van der Waals surface area contributed by atoms with Crippen molar-refractivity contribution in [3.8, 4) is 0 Å². The van der Waals surface area contributed by atoms with E-state index < -0.39 is 3.79 Å². The fourth-order valence-corrected chi connectivity index (χ4v) is 2.92. The first-order chi connectivity index (χ1) is 8.47. The Hall–Kier alpha value is 1.01. The first kappa shape index (κ1) is 18.1. The molecule has 0 amide bonds. The van der Waals surface area contributed by atoms with Gasteiger partial charge in [-0.3, -0.25) is 0 Å². The van der Waals surface area contributed by atoms with Gasteiger partial charge >= 0.3 is 0 Å². The summed E-state index contributed by atoms with van der Waals surface area (Å²) in [6, 6.07) is 15.5. The molecule has 19 heavy (non-hydrogen) atoms. The molecule has 0 aliphatic heterocycles. The van der Waals surface area contributed by atoms with Gasteiger partial charge in [0.1, 0.15) is 0 Å². The van der Waals surface area contributed by atoms with Gasteiger partial charge < -0.3 is 0 Å². The van der Waals surface area contributed by atoms with E-state index in [0.717, 1.165) is 14.7 Å². The van der Waals surface area contributed by atoms with Gasteiger partial charge in [0.25, 0.3) is 0 Å². The fraction of sp³-hybridized carbons (Fsp3) is 0.0769. The van der Waals surface area contributed by atoms with E-state index in [1.165, 1.54) is 0 Å². The van der Waals surface area contributed by atoms with Crippen molar-refractivity contribution < 1.29 is 0 Å². The van der Waals surface area contributed by atoms with Crippen molar-refractivity contribution in [2.24, 2.45) is 0 Å². The number of rotatable bonds is 2. The van der Waals surface area contributed by atoms with Crippen LogP contribution in [0.2, 0.25) is 0 Å². The minimum Gasteiger partial charge on any atom is -0.142 e. The predicted octanol–water partition coefficient (Wildman–Crippen LogP) is 5.57. The van der Waals surface area contributed by atoms with Gasteiger partial charge in [0, 0.05) is 49.8 Å². The van der Waals surface area contributed by atoms with Crippen molar-refractivity contribution in [3.63, 3.8) is 0 Å². The summed E-state index contributed by atoms with van der Waals surface area (Å²) in [5, 5.41) is 0. The molecule has 0 aliphatic carbocycles. The summed E-state index contributed by atoms with van der Waals surface area (Å²) in [6.45, 7) is 0. The molecule has 0 saturated heterocycles. The monoisotopic (exact) mass is 357 g/mol. The van der Waals surface area contributed by atoms with Crippen LogP contribution in [0.25, 0.3) is 0 Å². The van der Waals surface area contributed by atoms with Crippen molar-refractivity contribution in [2.45, 2.75) is 18.5 Å². The fourth-order valence-electron chi connectivity index (χ4n) is 1.39. The molecule has 0 aliphatic rings. The maximum Gasteiger partial charge on any atom is 0.216 e. The molecule has 1 radical (unpaired) electrons. The minimum absolute atomic E-state index is 0. The van der Waals surface area contributed by atoms with Crippen LogP contribution in [0.4, 0.5) is 0 Å². The van der Waals surface area contributed by atoms with Crippen LogP contribution < -0.4 is 0 Å². The van der Waals surface area contributed by atoms with Crippen LogP contribution in [0.3, 0.4) is 0 Å². The zero-order valence-electron chi connectivity index (χ0n) is 10.1. The third kappa shape index (κ3) is 5.37. The van der Waals surface area contributed by atoms with Gasteiger partial charge in [0.2, 0.25) is 3.79 Å². The number of hydrogen-bond donors (Lipinski definition) is 1. The van der Waals surface area contributed by atoms with Crippen LogP contribution in [0.1, 0.15) is 5.56 Å². The maximum atomic E-state index is 5.88. The SMILES string of the molecule is Sc1ccc(C(Cl)(Cl)Cl)cc1Sc1ccccc1.[Na]. The number of thiol groups is 1. The van der Waals surface area contributed by atoms with Gasteiger partial charge in [-0.05, 0) is 24.3 Å². The predicted molar refractivity (Wildman–Crippen MR) is 89.3 cm³/mol. The smallest absolute Gasteiger partial charge is 0.142 e. The van der Waals surface area contributed by atoms with Crippen LogP contribution >= 0.6 is 59.2 Å². The molecule has 0 atom stereocenters.